The van der Waals surface area contributed by atoms with Crippen LogP contribution in [-0.2, 0) is 6.54 Å². The number of rotatable bonds is 6. The Balaban J connectivity index is 1.77. The van der Waals surface area contributed by atoms with Crippen molar-refractivity contribution in [1.29, 1.82) is 0 Å². The molecule has 0 unspecified atom stereocenters. The van der Waals surface area contributed by atoms with Gasteiger partial charge in [0.2, 0.25) is 0 Å². The van der Waals surface area contributed by atoms with Crippen LogP contribution >= 0.6 is 0 Å². The van der Waals surface area contributed by atoms with Crippen LogP contribution in [0.3, 0.4) is 0 Å². The zero-order chi connectivity index (χ0) is 19.4. The number of nitrogens with zero attached hydrogens (tertiary/aromatic N) is 3. The van der Waals surface area contributed by atoms with Crippen LogP contribution in [0.25, 0.3) is 5.69 Å². The van der Waals surface area contributed by atoms with Crippen LogP contribution in [0.1, 0.15) is 33.2 Å². The third-order valence-corrected chi connectivity index (χ3v) is 4.26. The molecule has 6 heteroatoms. The number of hydrogen-bond acceptors (Lipinski definition) is 4. The number of ketones is 1. The Morgan fingerprint density at radius 2 is 1.85 bits per heavy atom. The minimum atomic E-state index is -0.199. The highest BCUT2D eigenvalue weighted by molar-refractivity contribution is 6.07. The highest BCUT2D eigenvalue weighted by atomic mass is 16.5. The number of ether oxygens (including phenoxy) is 1. The van der Waals surface area contributed by atoms with Crippen molar-refractivity contribution in [3.8, 4) is 11.4 Å². The van der Waals surface area contributed by atoms with Gasteiger partial charge in [-0.15, -0.1) is 0 Å². The Labute approximate surface area is 158 Å². The predicted molar refractivity (Wildman–Crippen MR) is 102 cm³/mol. The zero-order valence-corrected chi connectivity index (χ0v) is 15.5. The Bertz CT molecular complexity index is 978. The summed E-state index contributed by atoms with van der Waals surface area (Å²) in [6, 6.07) is 14.4. The molecule has 1 heterocycles. The lowest BCUT2D eigenvalue weighted by atomic mass is 10.0. The fourth-order valence-corrected chi connectivity index (χ4v) is 2.86. The van der Waals surface area contributed by atoms with E-state index in [0.29, 0.717) is 17.7 Å². The molecule has 138 valence electrons. The van der Waals surface area contributed by atoms with E-state index in [4.69, 9.17) is 4.74 Å². The summed E-state index contributed by atoms with van der Waals surface area (Å²) in [5.41, 5.74) is 2.60. The minimum Gasteiger partial charge on any atom is -0.497 e. The number of Topliss-reactive ketones (excluding diaryl/α,β-unsaturated/α-hetero) is 1. The molecule has 1 aromatic heterocycles. The second-order valence-electron chi connectivity index (χ2n) is 6.26. The van der Waals surface area contributed by atoms with E-state index in [1.807, 2.05) is 30.5 Å². The highest BCUT2D eigenvalue weighted by Gasteiger charge is 2.18. The van der Waals surface area contributed by atoms with Crippen LogP contribution in [0.15, 0.2) is 60.9 Å². The highest BCUT2D eigenvalue weighted by Crippen LogP contribution is 2.17. The van der Waals surface area contributed by atoms with E-state index in [0.717, 1.165) is 17.0 Å². The molecule has 0 aliphatic rings. The molecule has 3 aromatic rings. The van der Waals surface area contributed by atoms with E-state index in [1.54, 1.807) is 54.2 Å². The third-order valence-electron chi connectivity index (χ3n) is 4.26. The van der Waals surface area contributed by atoms with Crippen LogP contribution in [0.2, 0.25) is 0 Å². The molecule has 0 fully saturated rings. The van der Waals surface area contributed by atoms with E-state index in [9.17, 15) is 9.59 Å². The van der Waals surface area contributed by atoms with Crippen molar-refractivity contribution in [3.63, 3.8) is 0 Å². The maximum atomic E-state index is 12.8. The van der Waals surface area contributed by atoms with E-state index >= 15 is 0 Å². The second-order valence-corrected chi connectivity index (χ2v) is 6.26. The summed E-state index contributed by atoms with van der Waals surface area (Å²) in [4.78, 5) is 26.1. The average molecular weight is 363 g/mol. The van der Waals surface area contributed by atoms with Crippen molar-refractivity contribution in [2.24, 2.45) is 0 Å². The summed E-state index contributed by atoms with van der Waals surface area (Å²) >= 11 is 0. The van der Waals surface area contributed by atoms with Gasteiger partial charge in [-0.05, 0) is 25.1 Å². The first-order valence-electron chi connectivity index (χ1n) is 8.53. The predicted octanol–water partition coefficient (Wildman–Crippen LogP) is 3.36. The lowest BCUT2D eigenvalue weighted by Gasteiger charge is -2.17. The first kappa shape index (κ1) is 18.4. The number of carbonyl (C=O) groups excluding carboxylic acids is 2. The molecule has 0 radical (unpaired) electrons. The van der Waals surface area contributed by atoms with Crippen molar-refractivity contribution >= 4 is 11.7 Å². The Morgan fingerprint density at radius 3 is 2.56 bits per heavy atom. The summed E-state index contributed by atoms with van der Waals surface area (Å²) in [5.74, 6) is 0.422. The van der Waals surface area contributed by atoms with Crippen LogP contribution in [0.5, 0.6) is 5.75 Å². The van der Waals surface area contributed by atoms with Crippen molar-refractivity contribution < 1.29 is 14.3 Å². The molecular formula is C21H21N3O3. The molecule has 1 amide bonds. The lowest BCUT2D eigenvalue weighted by Crippen LogP contribution is -2.27. The number of hydrogen-bond donors (Lipinski definition) is 0. The molecule has 3 rings (SSSR count). The van der Waals surface area contributed by atoms with Crippen LogP contribution in [-0.4, -0.2) is 40.5 Å². The molecule has 0 aliphatic heterocycles. The van der Waals surface area contributed by atoms with E-state index < -0.39 is 0 Å². The third kappa shape index (κ3) is 4.06. The van der Waals surface area contributed by atoms with E-state index in [-0.39, 0.29) is 11.7 Å². The standard InChI is InChI=1S/C21H21N3O3/c1-15(25)19-9-4-5-10-20(19)21(26)23(2)13-16-12-22-24(14-16)17-7-6-8-18(11-17)27-3/h4-12,14H,13H2,1-3H3. The Morgan fingerprint density at radius 1 is 1.11 bits per heavy atom. The number of amides is 1. The minimum absolute atomic E-state index is 0.127. The Kier molecular flexibility index (Phi) is 5.35. The smallest absolute Gasteiger partial charge is 0.254 e. The summed E-state index contributed by atoms with van der Waals surface area (Å²) in [5, 5.41) is 4.36. The first-order valence-corrected chi connectivity index (χ1v) is 8.53. The molecule has 2 aromatic carbocycles. The van der Waals surface area contributed by atoms with Gasteiger partial charge in [0.15, 0.2) is 5.78 Å². The number of aromatic nitrogens is 2. The molecular weight excluding hydrogens is 342 g/mol. The van der Waals surface area contributed by atoms with Gasteiger partial charge in [0, 0.05) is 37.0 Å². The first-order chi connectivity index (χ1) is 13.0. The molecule has 0 saturated carbocycles. The molecule has 6 nitrogen and oxygen atoms in total. The molecule has 0 spiro atoms. The monoisotopic (exact) mass is 363 g/mol. The zero-order valence-electron chi connectivity index (χ0n) is 15.5. The van der Waals surface area contributed by atoms with Gasteiger partial charge in [0.05, 0.1) is 24.6 Å². The van der Waals surface area contributed by atoms with Gasteiger partial charge < -0.3 is 9.64 Å². The fraction of sp³-hybridized carbons (Fsp3) is 0.190. The average Bonchev–Trinajstić information content (AvgIpc) is 3.15. The SMILES string of the molecule is COc1cccc(-n2cc(CN(C)C(=O)c3ccccc3C(C)=O)cn2)c1. The van der Waals surface area contributed by atoms with Crippen LogP contribution < -0.4 is 4.74 Å². The number of benzene rings is 2. The van der Waals surface area contributed by atoms with Crippen molar-refractivity contribution in [2.75, 3.05) is 14.2 Å². The summed E-state index contributed by atoms with van der Waals surface area (Å²) < 4.78 is 6.97. The van der Waals surface area contributed by atoms with Crippen LogP contribution in [0.4, 0.5) is 0 Å². The van der Waals surface area contributed by atoms with Gasteiger partial charge in [-0.1, -0.05) is 24.3 Å². The fourth-order valence-electron chi connectivity index (χ4n) is 2.86. The maximum Gasteiger partial charge on any atom is 0.254 e. The molecule has 0 atom stereocenters. The van der Waals surface area contributed by atoms with Gasteiger partial charge in [0.25, 0.3) is 5.91 Å². The molecule has 27 heavy (non-hydrogen) atoms. The largest absolute Gasteiger partial charge is 0.497 e. The van der Waals surface area contributed by atoms with Gasteiger partial charge >= 0.3 is 0 Å². The van der Waals surface area contributed by atoms with E-state index in [1.165, 1.54) is 6.92 Å². The van der Waals surface area contributed by atoms with Crippen molar-refractivity contribution in [2.45, 2.75) is 13.5 Å². The van der Waals surface area contributed by atoms with Gasteiger partial charge in [-0.25, -0.2) is 4.68 Å². The quantitative estimate of drug-likeness (QED) is 0.630. The van der Waals surface area contributed by atoms with Gasteiger partial charge in [-0.3, -0.25) is 9.59 Å². The van der Waals surface area contributed by atoms with Crippen LogP contribution in [0, 0.1) is 0 Å². The number of carbonyl (C=O) groups is 2. The van der Waals surface area contributed by atoms with Crippen molar-refractivity contribution in [1.82, 2.24) is 14.7 Å². The summed E-state index contributed by atoms with van der Waals surface area (Å²) in [7, 11) is 3.33. The Hall–Kier alpha value is -3.41. The molecule has 0 bridgehead atoms. The number of methoxy groups -OCH3 is 1. The molecule has 0 N–H and O–H groups in total. The molecule has 0 saturated heterocycles. The van der Waals surface area contributed by atoms with Gasteiger partial charge in [0.1, 0.15) is 5.75 Å². The van der Waals surface area contributed by atoms with Gasteiger partial charge in [-0.2, -0.15) is 5.10 Å². The molecule has 0 aliphatic carbocycles. The van der Waals surface area contributed by atoms with E-state index in [2.05, 4.69) is 5.10 Å². The summed E-state index contributed by atoms with van der Waals surface area (Å²) in [6.07, 6.45) is 3.59. The summed E-state index contributed by atoms with van der Waals surface area (Å²) in [6.45, 7) is 1.85. The maximum absolute atomic E-state index is 12.8. The lowest BCUT2D eigenvalue weighted by molar-refractivity contribution is 0.0780. The van der Waals surface area contributed by atoms with Crippen molar-refractivity contribution in [3.05, 3.63) is 77.6 Å². The topological polar surface area (TPSA) is 64.4 Å². The second kappa shape index (κ2) is 7.86. The normalized spacial score (nSPS) is 10.5.